The second kappa shape index (κ2) is 6.74. The lowest BCUT2D eigenvalue weighted by molar-refractivity contribution is 0.234. The summed E-state index contributed by atoms with van der Waals surface area (Å²) in [6.45, 7) is 4.01. The predicted octanol–water partition coefficient (Wildman–Crippen LogP) is 3.60. The van der Waals surface area contributed by atoms with E-state index in [9.17, 15) is 9.18 Å². The number of hydrogen-bond donors (Lipinski definition) is 2. The van der Waals surface area contributed by atoms with E-state index in [-0.39, 0.29) is 12.5 Å². The summed E-state index contributed by atoms with van der Waals surface area (Å²) in [4.78, 5) is 11.6. The van der Waals surface area contributed by atoms with Crippen LogP contribution in [0.15, 0.2) is 42.5 Å². The van der Waals surface area contributed by atoms with Crippen molar-refractivity contribution >= 4 is 11.7 Å². The van der Waals surface area contributed by atoms with E-state index in [0.29, 0.717) is 5.69 Å². The first-order valence-electron chi connectivity index (χ1n) is 6.55. The maximum absolute atomic E-state index is 12.7. The summed E-state index contributed by atoms with van der Waals surface area (Å²) in [6.07, 6.45) is 0. The minimum atomic E-state index is -0.410. The van der Waals surface area contributed by atoms with Gasteiger partial charge in [-0.3, -0.25) is 0 Å². The summed E-state index contributed by atoms with van der Waals surface area (Å²) in [5, 5.41) is 5.16. The highest BCUT2D eigenvalue weighted by Gasteiger charge is 2.04. The predicted molar refractivity (Wildman–Crippen MR) is 80.0 cm³/mol. The lowest BCUT2D eigenvalue weighted by Gasteiger charge is -2.12. The van der Waals surface area contributed by atoms with E-state index in [1.165, 1.54) is 24.3 Å². The van der Waals surface area contributed by atoms with E-state index < -0.39 is 6.03 Å². The van der Waals surface area contributed by atoms with Gasteiger partial charge in [-0.15, -0.1) is 0 Å². The highest BCUT2D eigenvalue weighted by atomic mass is 19.1. The standard InChI is InChI=1S/C16H17FN2O2/c1-11-4-3-5-15(12(11)2)21-10-18-16(20)19-14-8-6-13(17)7-9-14/h3-9H,10H2,1-2H3,(H2,18,19,20). The van der Waals surface area contributed by atoms with Crippen LogP contribution in [0.3, 0.4) is 0 Å². The van der Waals surface area contributed by atoms with Crippen LogP contribution in [0.25, 0.3) is 0 Å². The summed E-state index contributed by atoms with van der Waals surface area (Å²) in [5.41, 5.74) is 2.68. The Kier molecular flexibility index (Phi) is 4.77. The van der Waals surface area contributed by atoms with Gasteiger partial charge in [0.2, 0.25) is 0 Å². The summed E-state index contributed by atoms with van der Waals surface area (Å²) in [5.74, 6) is 0.385. The van der Waals surface area contributed by atoms with Crippen LogP contribution in [-0.2, 0) is 0 Å². The molecular formula is C16H17FN2O2. The number of amides is 2. The average molecular weight is 288 g/mol. The quantitative estimate of drug-likeness (QED) is 0.845. The third-order valence-corrected chi connectivity index (χ3v) is 3.12. The van der Waals surface area contributed by atoms with Gasteiger partial charge in [-0.2, -0.15) is 0 Å². The summed E-state index contributed by atoms with van der Waals surface area (Å²) in [6, 6.07) is 10.9. The number of benzene rings is 2. The van der Waals surface area contributed by atoms with E-state index in [4.69, 9.17) is 4.74 Å². The van der Waals surface area contributed by atoms with Gasteiger partial charge in [0.25, 0.3) is 0 Å². The van der Waals surface area contributed by atoms with Crippen molar-refractivity contribution in [2.75, 3.05) is 12.0 Å². The maximum atomic E-state index is 12.7. The van der Waals surface area contributed by atoms with Crippen LogP contribution in [0.4, 0.5) is 14.9 Å². The normalized spacial score (nSPS) is 10.0. The molecule has 0 spiro atoms. The minimum absolute atomic E-state index is 0.0529. The van der Waals surface area contributed by atoms with Gasteiger partial charge in [-0.25, -0.2) is 9.18 Å². The first-order valence-corrected chi connectivity index (χ1v) is 6.55. The SMILES string of the molecule is Cc1cccc(OCNC(=O)Nc2ccc(F)cc2)c1C. The van der Waals surface area contributed by atoms with Crippen molar-refractivity contribution in [3.63, 3.8) is 0 Å². The van der Waals surface area contributed by atoms with Crippen molar-refractivity contribution < 1.29 is 13.9 Å². The van der Waals surface area contributed by atoms with Gasteiger partial charge in [0, 0.05) is 5.69 Å². The van der Waals surface area contributed by atoms with E-state index in [1.807, 2.05) is 32.0 Å². The molecule has 0 heterocycles. The third-order valence-electron chi connectivity index (χ3n) is 3.12. The fourth-order valence-corrected chi connectivity index (χ4v) is 1.77. The van der Waals surface area contributed by atoms with Crippen LogP contribution < -0.4 is 15.4 Å². The van der Waals surface area contributed by atoms with Crippen molar-refractivity contribution in [2.45, 2.75) is 13.8 Å². The Labute approximate surface area is 122 Å². The summed E-state index contributed by atoms with van der Waals surface area (Å²) < 4.78 is 18.2. The van der Waals surface area contributed by atoms with Gasteiger partial charge in [-0.05, 0) is 55.3 Å². The van der Waals surface area contributed by atoms with Crippen molar-refractivity contribution in [3.05, 3.63) is 59.4 Å². The Hall–Kier alpha value is -2.56. The third kappa shape index (κ3) is 4.21. The Morgan fingerprint density at radius 2 is 1.86 bits per heavy atom. The number of halogens is 1. The first-order chi connectivity index (χ1) is 10.1. The molecule has 0 aliphatic rings. The van der Waals surface area contributed by atoms with E-state index >= 15 is 0 Å². The van der Waals surface area contributed by atoms with Gasteiger partial charge in [0.05, 0.1) is 0 Å². The first kappa shape index (κ1) is 14.8. The largest absolute Gasteiger partial charge is 0.473 e. The molecular weight excluding hydrogens is 271 g/mol. The van der Waals surface area contributed by atoms with Gasteiger partial charge in [0.1, 0.15) is 11.6 Å². The second-order valence-electron chi connectivity index (χ2n) is 4.62. The molecule has 0 aliphatic heterocycles. The molecule has 0 fully saturated rings. The fraction of sp³-hybridized carbons (Fsp3) is 0.188. The van der Waals surface area contributed by atoms with E-state index in [0.717, 1.165) is 16.9 Å². The second-order valence-corrected chi connectivity index (χ2v) is 4.62. The number of aryl methyl sites for hydroxylation is 1. The summed E-state index contributed by atoms with van der Waals surface area (Å²) >= 11 is 0. The Bertz CT molecular complexity index is 627. The zero-order valence-corrected chi connectivity index (χ0v) is 11.9. The molecule has 110 valence electrons. The van der Waals surface area contributed by atoms with Crippen LogP contribution in [0.1, 0.15) is 11.1 Å². The molecule has 0 radical (unpaired) electrons. The topological polar surface area (TPSA) is 50.4 Å². The molecule has 4 nitrogen and oxygen atoms in total. The molecule has 0 bridgehead atoms. The number of rotatable bonds is 4. The van der Waals surface area contributed by atoms with Crippen molar-refractivity contribution in [3.8, 4) is 5.75 Å². The number of carbonyl (C=O) groups is 1. The lowest BCUT2D eigenvalue weighted by Crippen LogP contribution is -2.32. The van der Waals surface area contributed by atoms with Crippen molar-refractivity contribution in [1.29, 1.82) is 0 Å². The van der Waals surface area contributed by atoms with Crippen LogP contribution in [0, 0.1) is 19.7 Å². The van der Waals surface area contributed by atoms with Gasteiger partial charge in [0.15, 0.2) is 6.73 Å². The Morgan fingerprint density at radius 1 is 1.14 bits per heavy atom. The minimum Gasteiger partial charge on any atom is -0.473 e. The molecule has 2 N–H and O–H groups in total. The summed E-state index contributed by atoms with van der Waals surface area (Å²) in [7, 11) is 0. The van der Waals surface area contributed by atoms with E-state index in [2.05, 4.69) is 10.6 Å². The molecule has 21 heavy (non-hydrogen) atoms. The monoisotopic (exact) mass is 288 g/mol. The average Bonchev–Trinajstić information content (AvgIpc) is 2.46. The smallest absolute Gasteiger partial charge is 0.321 e. The molecule has 0 aromatic heterocycles. The van der Waals surface area contributed by atoms with Gasteiger partial charge in [-0.1, -0.05) is 12.1 Å². The van der Waals surface area contributed by atoms with Crippen molar-refractivity contribution in [2.24, 2.45) is 0 Å². The number of anilines is 1. The van der Waals surface area contributed by atoms with Gasteiger partial charge < -0.3 is 15.4 Å². The molecule has 0 aliphatic carbocycles. The zero-order chi connectivity index (χ0) is 15.2. The highest BCUT2D eigenvalue weighted by molar-refractivity contribution is 5.89. The molecule has 2 amide bonds. The van der Waals surface area contributed by atoms with Crippen LogP contribution in [0.2, 0.25) is 0 Å². The Balaban J connectivity index is 1.81. The van der Waals surface area contributed by atoms with Crippen LogP contribution >= 0.6 is 0 Å². The van der Waals surface area contributed by atoms with Crippen LogP contribution in [0.5, 0.6) is 5.75 Å². The molecule has 2 aromatic rings. The molecule has 5 heteroatoms. The molecule has 0 atom stereocenters. The molecule has 0 saturated carbocycles. The van der Waals surface area contributed by atoms with E-state index in [1.54, 1.807) is 0 Å². The molecule has 2 aromatic carbocycles. The Morgan fingerprint density at radius 3 is 2.57 bits per heavy atom. The number of nitrogens with one attached hydrogen (secondary N) is 2. The zero-order valence-electron chi connectivity index (χ0n) is 11.9. The van der Waals surface area contributed by atoms with Crippen LogP contribution in [-0.4, -0.2) is 12.8 Å². The fourth-order valence-electron chi connectivity index (χ4n) is 1.77. The molecule has 0 saturated heterocycles. The number of ether oxygens (including phenoxy) is 1. The lowest BCUT2D eigenvalue weighted by atomic mass is 10.1. The van der Waals surface area contributed by atoms with Gasteiger partial charge >= 0.3 is 6.03 Å². The number of urea groups is 1. The number of carbonyl (C=O) groups excluding carboxylic acids is 1. The number of hydrogen-bond acceptors (Lipinski definition) is 2. The molecule has 0 unspecified atom stereocenters. The van der Waals surface area contributed by atoms with Crippen molar-refractivity contribution in [1.82, 2.24) is 5.32 Å². The highest BCUT2D eigenvalue weighted by Crippen LogP contribution is 2.20. The maximum Gasteiger partial charge on any atom is 0.321 e. The molecule has 2 rings (SSSR count).